The lowest BCUT2D eigenvalue weighted by atomic mass is 9.73. The fourth-order valence-electron chi connectivity index (χ4n) is 6.59. The maximum atomic E-state index is 11.5. The average Bonchev–Trinajstić information content (AvgIpc) is 3.45. The van der Waals surface area contributed by atoms with Gasteiger partial charge in [-0.3, -0.25) is 0 Å². The molecule has 0 spiro atoms. The van der Waals surface area contributed by atoms with Gasteiger partial charge in [-0.2, -0.15) is 0 Å². The summed E-state index contributed by atoms with van der Waals surface area (Å²) < 4.78 is 23.4. The van der Waals surface area contributed by atoms with Crippen molar-refractivity contribution in [2.75, 3.05) is 40.6 Å². The van der Waals surface area contributed by atoms with Gasteiger partial charge in [-0.15, -0.1) is 0 Å². The summed E-state index contributed by atoms with van der Waals surface area (Å²) in [4.78, 5) is 2.22. The van der Waals surface area contributed by atoms with Crippen LogP contribution < -0.4 is 19.5 Å². The number of hydrogen-bond acceptors (Lipinski definition) is 10. The number of rotatable bonds is 10. The molecule has 4 atom stereocenters. The Balaban J connectivity index is 1.44. The van der Waals surface area contributed by atoms with Gasteiger partial charge in [0.2, 0.25) is 0 Å². The smallest absolute Gasteiger partial charge is 0.160 e. The molecule has 3 aliphatic rings. The number of aliphatic hydroxyl groups excluding tert-OH is 2. The SMILES string of the molecule is COCC1NC=CN1CCC1Cc2cc(O)ccc2-c2c(OCCO)cc3c(c21)CC(O)C(c1ccc(O)c(OC)c1)O3. The number of ether oxygens (including phenoxy) is 4. The Morgan fingerprint density at radius 2 is 1.91 bits per heavy atom. The number of nitrogens with zero attached hydrogens (tertiary/aromatic N) is 1. The van der Waals surface area contributed by atoms with Crippen LogP contribution >= 0.6 is 0 Å². The van der Waals surface area contributed by atoms with Gasteiger partial charge < -0.3 is 49.6 Å². The predicted octanol–water partition coefficient (Wildman–Crippen LogP) is 3.56. The van der Waals surface area contributed by atoms with E-state index in [4.69, 9.17) is 18.9 Å². The summed E-state index contributed by atoms with van der Waals surface area (Å²) in [5.41, 5.74) is 5.54. The van der Waals surface area contributed by atoms with Crippen LogP contribution in [0.15, 0.2) is 54.9 Å². The van der Waals surface area contributed by atoms with Crippen LogP contribution in [0.5, 0.6) is 28.7 Å². The molecule has 1 aliphatic carbocycles. The van der Waals surface area contributed by atoms with Crippen molar-refractivity contribution in [2.45, 2.75) is 43.6 Å². The van der Waals surface area contributed by atoms with Crippen molar-refractivity contribution in [2.24, 2.45) is 0 Å². The zero-order valence-corrected chi connectivity index (χ0v) is 24.3. The first kappa shape index (κ1) is 29.0. The summed E-state index contributed by atoms with van der Waals surface area (Å²) >= 11 is 0. The minimum atomic E-state index is -0.853. The lowest BCUT2D eigenvalue weighted by Crippen LogP contribution is -2.40. The molecule has 0 saturated carbocycles. The van der Waals surface area contributed by atoms with Gasteiger partial charge in [0, 0.05) is 49.7 Å². The summed E-state index contributed by atoms with van der Waals surface area (Å²) in [5.74, 6) is 1.74. The Hall–Kier alpha value is -4.12. The van der Waals surface area contributed by atoms with E-state index in [2.05, 4.69) is 10.2 Å². The Kier molecular flexibility index (Phi) is 8.25. The normalized spacial score (nSPS) is 21.8. The molecule has 3 aromatic carbocycles. The largest absolute Gasteiger partial charge is 0.508 e. The number of phenolic OH excluding ortho intramolecular Hbond substituents is 2. The fraction of sp³-hybridized carbons (Fsp3) is 0.394. The van der Waals surface area contributed by atoms with Crippen LogP contribution in [-0.2, 0) is 17.6 Å². The second-order valence-corrected chi connectivity index (χ2v) is 11.2. The van der Waals surface area contributed by atoms with Crippen molar-refractivity contribution in [1.82, 2.24) is 10.2 Å². The molecule has 43 heavy (non-hydrogen) atoms. The predicted molar refractivity (Wildman–Crippen MR) is 160 cm³/mol. The van der Waals surface area contributed by atoms with Gasteiger partial charge in [-0.05, 0) is 65.3 Å². The summed E-state index contributed by atoms with van der Waals surface area (Å²) in [6.07, 6.45) is 4.31. The van der Waals surface area contributed by atoms with Crippen molar-refractivity contribution in [3.63, 3.8) is 0 Å². The molecule has 0 saturated heterocycles. The summed E-state index contributed by atoms with van der Waals surface area (Å²) in [6.45, 7) is 1.25. The molecule has 3 aromatic rings. The Morgan fingerprint density at radius 1 is 1.05 bits per heavy atom. The van der Waals surface area contributed by atoms with Gasteiger partial charge in [0.25, 0.3) is 0 Å². The highest BCUT2D eigenvalue weighted by atomic mass is 16.5. The molecular formula is C33H38N2O8. The van der Waals surface area contributed by atoms with Gasteiger partial charge in [0.15, 0.2) is 11.5 Å². The number of phenols is 2. The van der Waals surface area contributed by atoms with E-state index >= 15 is 0 Å². The Morgan fingerprint density at radius 3 is 2.70 bits per heavy atom. The fourth-order valence-corrected chi connectivity index (χ4v) is 6.59. The van der Waals surface area contributed by atoms with E-state index in [-0.39, 0.29) is 36.8 Å². The summed E-state index contributed by atoms with van der Waals surface area (Å²) in [5, 5.41) is 44.9. The molecule has 10 nitrogen and oxygen atoms in total. The minimum absolute atomic E-state index is 0.00837. The first-order valence-electron chi connectivity index (χ1n) is 14.6. The maximum Gasteiger partial charge on any atom is 0.160 e. The highest BCUT2D eigenvalue weighted by molar-refractivity contribution is 5.83. The second-order valence-electron chi connectivity index (χ2n) is 11.2. The van der Waals surface area contributed by atoms with Crippen LogP contribution in [0.4, 0.5) is 0 Å². The van der Waals surface area contributed by atoms with E-state index in [9.17, 15) is 20.4 Å². The van der Waals surface area contributed by atoms with Crippen molar-refractivity contribution in [3.8, 4) is 39.9 Å². The van der Waals surface area contributed by atoms with Crippen LogP contribution in [-0.4, -0.2) is 78.2 Å². The van der Waals surface area contributed by atoms with Gasteiger partial charge in [-0.1, -0.05) is 12.1 Å². The molecule has 0 fully saturated rings. The number of nitrogens with one attached hydrogen (secondary N) is 1. The molecule has 228 valence electrons. The molecule has 2 heterocycles. The van der Waals surface area contributed by atoms with Crippen LogP contribution in [0.25, 0.3) is 11.1 Å². The van der Waals surface area contributed by atoms with Crippen LogP contribution in [0.3, 0.4) is 0 Å². The molecular weight excluding hydrogens is 552 g/mol. The van der Waals surface area contributed by atoms with Crippen molar-refractivity contribution in [1.29, 1.82) is 0 Å². The van der Waals surface area contributed by atoms with Crippen molar-refractivity contribution < 1.29 is 39.4 Å². The van der Waals surface area contributed by atoms with E-state index in [1.165, 1.54) is 13.2 Å². The maximum absolute atomic E-state index is 11.5. The van der Waals surface area contributed by atoms with Crippen LogP contribution in [0.2, 0.25) is 0 Å². The quantitative estimate of drug-likeness (QED) is 0.239. The highest BCUT2D eigenvalue weighted by Crippen LogP contribution is 2.53. The second kappa shape index (κ2) is 12.2. The molecule has 10 heteroatoms. The molecule has 4 unspecified atom stereocenters. The third-order valence-corrected chi connectivity index (χ3v) is 8.55. The van der Waals surface area contributed by atoms with Gasteiger partial charge in [0.1, 0.15) is 36.1 Å². The van der Waals surface area contributed by atoms with E-state index in [1.54, 1.807) is 25.3 Å². The number of fused-ring (bicyclic) bond motifs is 5. The first-order chi connectivity index (χ1) is 20.9. The minimum Gasteiger partial charge on any atom is -0.508 e. The number of aliphatic hydroxyl groups is 2. The van der Waals surface area contributed by atoms with E-state index in [0.29, 0.717) is 42.3 Å². The molecule has 0 bridgehead atoms. The van der Waals surface area contributed by atoms with Crippen molar-refractivity contribution >= 4 is 0 Å². The zero-order valence-electron chi connectivity index (χ0n) is 24.3. The third-order valence-electron chi connectivity index (χ3n) is 8.55. The number of hydrogen-bond donors (Lipinski definition) is 5. The topological polar surface area (TPSA) is 133 Å². The molecule has 2 aliphatic heterocycles. The van der Waals surface area contributed by atoms with Crippen LogP contribution in [0, 0.1) is 0 Å². The number of methoxy groups -OCH3 is 2. The van der Waals surface area contributed by atoms with Crippen molar-refractivity contribution in [3.05, 3.63) is 77.1 Å². The monoisotopic (exact) mass is 590 g/mol. The average molecular weight is 591 g/mol. The van der Waals surface area contributed by atoms with E-state index in [1.807, 2.05) is 30.6 Å². The molecule has 0 amide bonds. The van der Waals surface area contributed by atoms with Gasteiger partial charge in [0.05, 0.1) is 26.4 Å². The highest BCUT2D eigenvalue weighted by Gasteiger charge is 2.38. The number of benzene rings is 3. The molecule has 5 N–H and O–H groups in total. The Labute approximate surface area is 250 Å². The van der Waals surface area contributed by atoms with Gasteiger partial charge >= 0.3 is 0 Å². The summed E-state index contributed by atoms with van der Waals surface area (Å²) in [6, 6.07) is 12.2. The van der Waals surface area contributed by atoms with E-state index in [0.717, 1.165) is 40.8 Å². The molecule has 6 rings (SSSR count). The molecule has 0 aromatic heterocycles. The van der Waals surface area contributed by atoms with Crippen LogP contribution in [0.1, 0.15) is 40.7 Å². The lowest BCUT2D eigenvalue weighted by molar-refractivity contribution is 0.0200. The third kappa shape index (κ3) is 5.53. The first-order valence-corrected chi connectivity index (χ1v) is 14.6. The standard InChI is InChI=1S/C33H38N2O8/c1-40-18-30-34-8-10-35(30)9-7-19-13-21-14-22(37)4-5-23(21)32-29(42-12-11-36)17-27-24(31(19)32)16-26(39)33(43-27)20-3-6-25(38)28(15-20)41-2/h3-6,8,10,14-15,17,19,26,30,33-34,36-39H,7,9,11-13,16,18H2,1-2H3. The Bertz CT molecular complexity index is 1510. The van der Waals surface area contributed by atoms with Gasteiger partial charge in [-0.25, -0.2) is 0 Å². The molecule has 0 radical (unpaired) electrons. The lowest BCUT2D eigenvalue weighted by Gasteiger charge is -2.38. The zero-order chi connectivity index (χ0) is 30.1. The number of aromatic hydroxyl groups is 2. The summed E-state index contributed by atoms with van der Waals surface area (Å²) in [7, 11) is 3.17. The van der Waals surface area contributed by atoms with E-state index < -0.39 is 12.2 Å².